The molecule has 5 aromatic rings. The van der Waals surface area contributed by atoms with Gasteiger partial charge >= 0.3 is 0 Å². The summed E-state index contributed by atoms with van der Waals surface area (Å²) in [5.41, 5.74) is 3.61. The van der Waals surface area contributed by atoms with Gasteiger partial charge in [0, 0.05) is 0 Å². The molecule has 8 heteroatoms. The molecule has 1 aliphatic rings. The molecule has 6 rings (SSSR count). The lowest BCUT2D eigenvalue weighted by Gasteiger charge is -2.17. The number of ether oxygens (including phenoxy) is 4. The van der Waals surface area contributed by atoms with E-state index in [9.17, 15) is 9.59 Å². The molecule has 0 unspecified atom stereocenters. The number of anilines is 2. The van der Waals surface area contributed by atoms with E-state index in [0.717, 1.165) is 11.1 Å². The zero-order valence-electron chi connectivity index (χ0n) is 25.0. The van der Waals surface area contributed by atoms with Gasteiger partial charge in [-0.2, -0.15) is 0 Å². The van der Waals surface area contributed by atoms with Crippen LogP contribution in [0.25, 0.3) is 0 Å². The van der Waals surface area contributed by atoms with Gasteiger partial charge in [0.2, 0.25) is 0 Å². The Kier molecular flexibility index (Phi) is 9.55. The Bertz CT molecular complexity index is 1730. The summed E-state index contributed by atoms with van der Waals surface area (Å²) in [7, 11) is 0. The third-order valence-corrected chi connectivity index (χ3v) is 7.26. The first-order valence-corrected chi connectivity index (χ1v) is 14.9. The van der Waals surface area contributed by atoms with E-state index in [1.165, 1.54) is 0 Å². The zero-order chi connectivity index (χ0) is 31.6. The lowest BCUT2D eigenvalue weighted by molar-refractivity contribution is 0.101. The summed E-state index contributed by atoms with van der Waals surface area (Å²) in [6.45, 7) is 0.915. The largest absolute Gasteiger partial charge is 0.488 e. The van der Waals surface area contributed by atoms with Crippen molar-refractivity contribution >= 4 is 23.2 Å². The van der Waals surface area contributed by atoms with Crippen LogP contribution in [-0.4, -0.2) is 25.0 Å². The summed E-state index contributed by atoms with van der Waals surface area (Å²) >= 11 is 0. The standard InChI is InChI=1S/C38H32N2O6/c41-37-29-15-3-7-19-33(29)45-25-27-13-1-2-14-28(27)26-46-34-20-8-4-16-30(34)38(42)40-32-18-6-10-22-36(32)44-24-12-11-23-43-35-21-9-5-17-31(35)39-37/h1-22H,23-26H2,(H,39,41)(H,40,42)/b12-11+. The molecule has 0 fully saturated rings. The van der Waals surface area contributed by atoms with Crippen LogP contribution >= 0.6 is 0 Å². The molecule has 0 saturated carbocycles. The number of benzene rings is 5. The fourth-order valence-electron chi connectivity index (χ4n) is 4.89. The Labute approximate surface area is 267 Å². The van der Waals surface area contributed by atoms with E-state index < -0.39 is 0 Å². The van der Waals surface area contributed by atoms with Crippen molar-refractivity contribution in [2.24, 2.45) is 0 Å². The molecule has 0 saturated heterocycles. The fraction of sp³-hybridized carbons (Fsp3) is 0.105. The van der Waals surface area contributed by atoms with Gasteiger partial charge in [0.25, 0.3) is 11.8 Å². The molecule has 230 valence electrons. The zero-order valence-corrected chi connectivity index (χ0v) is 25.0. The van der Waals surface area contributed by atoms with Crippen molar-refractivity contribution in [3.8, 4) is 23.0 Å². The molecule has 1 heterocycles. The van der Waals surface area contributed by atoms with Gasteiger partial charge < -0.3 is 29.6 Å². The molecule has 5 aromatic carbocycles. The van der Waals surface area contributed by atoms with E-state index >= 15 is 0 Å². The average molecular weight is 613 g/mol. The Morgan fingerprint density at radius 1 is 0.413 bits per heavy atom. The van der Waals surface area contributed by atoms with Gasteiger partial charge in [0.1, 0.15) is 49.4 Å². The Balaban J connectivity index is 1.31. The number of carbonyl (C=O) groups excluding carboxylic acids is 2. The molecule has 0 spiro atoms. The first kappa shape index (κ1) is 30.0. The maximum Gasteiger partial charge on any atom is 0.259 e. The average Bonchev–Trinajstić information content (AvgIpc) is 3.09. The molecule has 0 atom stereocenters. The summed E-state index contributed by atoms with van der Waals surface area (Å²) in [4.78, 5) is 26.9. The van der Waals surface area contributed by atoms with Gasteiger partial charge in [0.05, 0.1) is 22.5 Å². The van der Waals surface area contributed by atoms with E-state index in [1.54, 1.807) is 60.7 Å². The Hall–Kier alpha value is -6.02. The van der Waals surface area contributed by atoms with Crippen LogP contribution in [0.3, 0.4) is 0 Å². The van der Waals surface area contributed by atoms with Crippen molar-refractivity contribution in [1.82, 2.24) is 0 Å². The minimum atomic E-state index is -0.324. The van der Waals surface area contributed by atoms with Crippen LogP contribution < -0.4 is 29.6 Å². The monoisotopic (exact) mass is 612 g/mol. The van der Waals surface area contributed by atoms with Gasteiger partial charge in [0.15, 0.2) is 0 Å². The van der Waals surface area contributed by atoms with Gasteiger partial charge in [-0.05, 0) is 71.8 Å². The minimum absolute atomic E-state index is 0.203. The normalized spacial score (nSPS) is 14.6. The first-order chi connectivity index (χ1) is 22.7. The van der Waals surface area contributed by atoms with Crippen LogP contribution in [0.5, 0.6) is 23.0 Å². The number of hydrogen-bond acceptors (Lipinski definition) is 6. The van der Waals surface area contributed by atoms with Crippen LogP contribution in [0.1, 0.15) is 31.8 Å². The molecule has 46 heavy (non-hydrogen) atoms. The quantitative estimate of drug-likeness (QED) is 0.174. The molecule has 0 bridgehead atoms. The number of fused-ring (bicyclic) bond motifs is 5. The lowest BCUT2D eigenvalue weighted by atomic mass is 10.1. The van der Waals surface area contributed by atoms with E-state index in [0.29, 0.717) is 45.5 Å². The summed E-state index contributed by atoms with van der Waals surface area (Å²) < 4.78 is 24.3. The summed E-state index contributed by atoms with van der Waals surface area (Å²) in [6.07, 6.45) is 3.65. The summed E-state index contributed by atoms with van der Waals surface area (Å²) in [5, 5.41) is 5.93. The molecule has 0 aromatic heterocycles. The molecular weight excluding hydrogens is 580 g/mol. The van der Waals surface area contributed by atoms with Crippen molar-refractivity contribution in [1.29, 1.82) is 0 Å². The third kappa shape index (κ3) is 7.36. The molecule has 0 radical (unpaired) electrons. The second-order valence-corrected chi connectivity index (χ2v) is 10.3. The van der Waals surface area contributed by atoms with Crippen LogP contribution in [-0.2, 0) is 13.2 Å². The Morgan fingerprint density at radius 2 is 0.783 bits per heavy atom. The maximum atomic E-state index is 13.4. The maximum absolute atomic E-state index is 13.4. The van der Waals surface area contributed by atoms with Crippen molar-refractivity contribution < 1.29 is 28.5 Å². The molecular formula is C38H32N2O6. The van der Waals surface area contributed by atoms with Crippen molar-refractivity contribution in [2.75, 3.05) is 23.8 Å². The van der Waals surface area contributed by atoms with Crippen molar-refractivity contribution in [3.63, 3.8) is 0 Å². The predicted molar refractivity (Wildman–Crippen MR) is 177 cm³/mol. The number of rotatable bonds is 0. The highest BCUT2D eigenvalue weighted by molar-refractivity contribution is 6.07. The number of amides is 2. The highest BCUT2D eigenvalue weighted by Gasteiger charge is 2.17. The predicted octanol–water partition coefficient (Wildman–Crippen LogP) is 7.68. The van der Waals surface area contributed by atoms with Crippen LogP contribution in [0, 0.1) is 0 Å². The van der Waals surface area contributed by atoms with Gasteiger partial charge in [-0.15, -0.1) is 0 Å². The number of hydrogen-bond donors (Lipinski definition) is 2. The highest BCUT2D eigenvalue weighted by atomic mass is 16.5. The number of para-hydroxylation sites is 6. The minimum Gasteiger partial charge on any atom is -0.488 e. The summed E-state index contributed by atoms with van der Waals surface area (Å²) in [6, 6.07) is 36.4. The first-order valence-electron chi connectivity index (χ1n) is 14.9. The Morgan fingerprint density at radius 3 is 1.24 bits per heavy atom. The topological polar surface area (TPSA) is 95.1 Å². The van der Waals surface area contributed by atoms with E-state index in [2.05, 4.69) is 10.6 Å². The highest BCUT2D eigenvalue weighted by Crippen LogP contribution is 2.29. The lowest BCUT2D eigenvalue weighted by Crippen LogP contribution is -2.15. The van der Waals surface area contributed by atoms with Crippen LogP contribution in [0.15, 0.2) is 133 Å². The fourth-order valence-corrected chi connectivity index (χ4v) is 4.89. The van der Waals surface area contributed by atoms with E-state index in [4.69, 9.17) is 18.9 Å². The van der Waals surface area contributed by atoms with Crippen LogP contribution in [0.4, 0.5) is 11.4 Å². The van der Waals surface area contributed by atoms with E-state index in [1.807, 2.05) is 72.8 Å². The molecule has 1 aliphatic heterocycles. The smallest absolute Gasteiger partial charge is 0.259 e. The van der Waals surface area contributed by atoms with Crippen molar-refractivity contribution in [2.45, 2.75) is 13.2 Å². The van der Waals surface area contributed by atoms with E-state index in [-0.39, 0.29) is 38.2 Å². The van der Waals surface area contributed by atoms with Gasteiger partial charge in [-0.1, -0.05) is 72.8 Å². The van der Waals surface area contributed by atoms with Crippen LogP contribution in [0.2, 0.25) is 0 Å². The molecule has 2 amide bonds. The van der Waals surface area contributed by atoms with Gasteiger partial charge in [-0.3, -0.25) is 9.59 Å². The SMILES string of the molecule is O=C1Nc2ccccc2OC/C=C/COc2ccccc2NC(=O)c2ccccc2OCc2ccccc2COc2ccccc21. The molecule has 0 aliphatic carbocycles. The third-order valence-electron chi connectivity index (χ3n) is 7.26. The second kappa shape index (κ2) is 14.6. The number of carbonyl (C=O) groups is 2. The summed E-state index contributed by atoms with van der Waals surface area (Å²) in [5.74, 6) is 1.28. The number of nitrogens with one attached hydrogen (secondary N) is 2. The van der Waals surface area contributed by atoms with Gasteiger partial charge in [-0.25, -0.2) is 0 Å². The second-order valence-electron chi connectivity index (χ2n) is 10.3. The van der Waals surface area contributed by atoms with Crippen molar-refractivity contribution in [3.05, 3.63) is 156 Å². The molecule has 8 nitrogen and oxygen atoms in total. The molecule has 2 N–H and O–H groups in total.